The molecule has 1 unspecified atom stereocenters. The number of nitro groups is 1. The van der Waals surface area contributed by atoms with E-state index in [1.54, 1.807) is 6.92 Å². The third-order valence-corrected chi connectivity index (χ3v) is 5.06. The summed E-state index contributed by atoms with van der Waals surface area (Å²) in [5.41, 5.74) is -0.494. The van der Waals surface area contributed by atoms with Gasteiger partial charge in [-0.15, -0.1) is 0 Å². The third kappa shape index (κ3) is 5.80. The summed E-state index contributed by atoms with van der Waals surface area (Å²) in [7, 11) is -2.59. The predicted octanol–water partition coefficient (Wildman–Crippen LogP) is 3.10. The number of nitrogens with zero attached hydrogens (tertiary/aromatic N) is 1. The number of methoxy groups -OCH3 is 1. The van der Waals surface area contributed by atoms with Gasteiger partial charge < -0.3 is 4.74 Å². The van der Waals surface area contributed by atoms with E-state index in [1.165, 1.54) is 19.2 Å². The molecule has 130 valence electrons. The van der Waals surface area contributed by atoms with Gasteiger partial charge in [0, 0.05) is 6.04 Å². The van der Waals surface area contributed by atoms with Crippen molar-refractivity contribution in [2.75, 3.05) is 7.11 Å². The van der Waals surface area contributed by atoms with Crippen LogP contribution in [0.15, 0.2) is 23.1 Å². The van der Waals surface area contributed by atoms with Gasteiger partial charge in [0.05, 0.1) is 18.1 Å². The van der Waals surface area contributed by atoms with Crippen molar-refractivity contribution in [1.82, 2.24) is 4.72 Å². The number of nitrogens with one attached hydrogen (secondary N) is 1. The molecule has 1 aromatic carbocycles. The zero-order valence-electron chi connectivity index (χ0n) is 13.9. The highest BCUT2D eigenvalue weighted by Crippen LogP contribution is 2.28. The van der Waals surface area contributed by atoms with Gasteiger partial charge in [0.25, 0.3) is 5.69 Å². The van der Waals surface area contributed by atoms with Crippen molar-refractivity contribution < 1.29 is 18.1 Å². The Morgan fingerprint density at radius 3 is 2.43 bits per heavy atom. The van der Waals surface area contributed by atoms with E-state index in [2.05, 4.69) is 18.6 Å². The SMILES string of the molecule is COc1ccc(S(=O)(=O)NC(C)CCCC(C)C)c([N+](=O)[O-])c1. The summed E-state index contributed by atoms with van der Waals surface area (Å²) < 4.78 is 32.2. The van der Waals surface area contributed by atoms with Crippen LogP contribution in [0, 0.1) is 16.0 Å². The van der Waals surface area contributed by atoms with Crippen molar-refractivity contribution in [3.8, 4) is 5.75 Å². The van der Waals surface area contributed by atoms with Crippen LogP contribution in [-0.2, 0) is 10.0 Å². The van der Waals surface area contributed by atoms with Gasteiger partial charge in [-0.05, 0) is 31.4 Å². The maximum atomic E-state index is 12.4. The standard InChI is InChI=1S/C15H24N2O5S/c1-11(2)6-5-7-12(3)16-23(20,21)15-9-8-13(22-4)10-14(15)17(18)19/h8-12,16H,5-7H2,1-4H3. The van der Waals surface area contributed by atoms with Crippen molar-refractivity contribution in [2.45, 2.75) is 51.0 Å². The molecule has 0 spiro atoms. The van der Waals surface area contributed by atoms with Crippen LogP contribution < -0.4 is 9.46 Å². The minimum atomic E-state index is -3.96. The van der Waals surface area contributed by atoms with Crippen LogP contribution in [0.3, 0.4) is 0 Å². The predicted molar refractivity (Wildman–Crippen MR) is 88.1 cm³/mol. The molecule has 0 fully saturated rings. The molecule has 1 rings (SSSR count). The van der Waals surface area contributed by atoms with Gasteiger partial charge in [0.1, 0.15) is 5.75 Å². The highest BCUT2D eigenvalue weighted by Gasteiger charge is 2.27. The van der Waals surface area contributed by atoms with Crippen LogP contribution in [0.4, 0.5) is 5.69 Å². The summed E-state index contributed by atoms with van der Waals surface area (Å²) in [5.74, 6) is 0.794. The molecule has 0 aromatic heterocycles. The van der Waals surface area contributed by atoms with Crippen molar-refractivity contribution in [3.05, 3.63) is 28.3 Å². The highest BCUT2D eigenvalue weighted by atomic mass is 32.2. The molecule has 0 heterocycles. The van der Waals surface area contributed by atoms with Crippen LogP contribution in [0.1, 0.15) is 40.0 Å². The average Bonchev–Trinajstić information content (AvgIpc) is 2.45. The topological polar surface area (TPSA) is 98.5 Å². The molecule has 0 amide bonds. The Hall–Kier alpha value is -1.67. The van der Waals surface area contributed by atoms with Crippen molar-refractivity contribution >= 4 is 15.7 Å². The molecule has 0 saturated heterocycles. The normalized spacial score (nSPS) is 13.1. The number of ether oxygens (including phenoxy) is 1. The van der Waals surface area contributed by atoms with Gasteiger partial charge in [0.15, 0.2) is 4.90 Å². The lowest BCUT2D eigenvalue weighted by molar-refractivity contribution is -0.387. The Morgan fingerprint density at radius 2 is 1.91 bits per heavy atom. The summed E-state index contributed by atoms with van der Waals surface area (Å²) in [6, 6.07) is 3.41. The molecule has 1 atom stereocenters. The van der Waals surface area contributed by atoms with Crippen molar-refractivity contribution in [2.24, 2.45) is 5.92 Å². The number of hydrogen-bond donors (Lipinski definition) is 1. The maximum Gasteiger partial charge on any atom is 0.293 e. The maximum absolute atomic E-state index is 12.4. The van der Waals surface area contributed by atoms with Gasteiger partial charge >= 0.3 is 0 Å². The lowest BCUT2D eigenvalue weighted by Crippen LogP contribution is -2.33. The molecule has 0 aliphatic rings. The van der Waals surface area contributed by atoms with Crippen LogP contribution in [0.2, 0.25) is 0 Å². The van der Waals surface area contributed by atoms with Crippen molar-refractivity contribution in [3.63, 3.8) is 0 Å². The lowest BCUT2D eigenvalue weighted by Gasteiger charge is -2.15. The van der Waals surface area contributed by atoms with Crippen LogP contribution in [0.5, 0.6) is 5.75 Å². The Labute approximate surface area is 137 Å². The van der Waals surface area contributed by atoms with E-state index in [0.717, 1.165) is 18.9 Å². The second-order valence-electron chi connectivity index (χ2n) is 5.94. The van der Waals surface area contributed by atoms with E-state index < -0.39 is 20.6 Å². The van der Waals surface area contributed by atoms with Crippen LogP contribution >= 0.6 is 0 Å². The second-order valence-corrected chi connectivity index (χ2v) is 7.62. The molecule has 0 aliphatic carbocycles. The molecule has 0 bridgehead atoms. The van der Waals surface area contributed by atoms with E-state index in [0.29, 0.717) is 12.3 Å². The molecule has 7 nitrogen and oxygen atoms in total. The monoisotopic (exact) mass is 344 g/mol. The summed E-state index contributed by atoms with van der Waals surface area (Å²) in [5, 5.41) is 11.1. The van der Waals surface area contributed by atoms with Gasteiger partial charge in [-0.3, -0.25) is 10.1 Å². The Kier molecular flexibility index (Phi) is 6.96. The molecule has 0 saturated carbocycles. The van der Waals surface area contributed by atoms with Gasteiger partial charge in [-0.2, -0.15) is 0 Å². The molecular formula is C15H24N2O5S. The Balaban J connectivity index is 2.93. The minimum Gasteiger partial charge on any atom is -0.497 e. The quantitative estimate of drug-likeness (QED) is 0.548. The van der Waals surface area contributed by atoms with E-state index in [-0.39, 0.29) is 16.7 Å². The van der Waals surface area contributed by atoms with Gasteiger partial charge in [-0.25, -0.2) is 13.1 Å². The largest absolute Gasteiger partial charge is 0.497 e. The van der Waals surface area contributed by atoms with Gasteiger partial charge in [-0.1, -0.05) is 26.7 Å². The lowest BCUT2D eigenvalue weighted by atomic mass is 10.0. The minimum absolute atomic E-state index is 0.237. The first kappa shape index (κ1) is 19.4. The summed E-state index contributed by atoms with van der Waals surface area (Å²) in [6.07, 6.45) is 2.59. The molecule has 0 radical (unpaired) electrons. The van der Waals surface area contributed by atoms with E-state index in [1.807, 2.05) is 0 Å². The molecular weight excluding hydrogens is 320 g/mol. The summed E-state index contributed by atoms with van der Waals surface area (Å²) >= 11 is 0. The number of benzene rings is 1. The molecule has 8 heteroatoms. The fourth-order valence-electron chi connectivity index (χ4n) is 2.21. The molecule has 1 N–H and O–H groups in total. The van der Waals surface area contributed by atoms with Crippen LogP contribution in [-0.4, -0.2) is 26.5 Å². The van der Waals surface area contributed by atoms with E-state index in [4.69, 9.17) is 4.74 Å². The number of sulfonamides is 1. The smallest absolute Gasteiger partial charge is 0.293 e. The molecule has 23 heavy (non-hydrogen) atoms. The number of nitro benzene ring substituents is 1. The highest BCUT2D eigenvalue weighted by molar-refractivity contribution is 7.89. The van der Waals surface area contributed by atoms with E-state index >= 15 is 0 Å². The van der Waals surface area contributed by atoms with Crippen molar-refractivity contribution in [1.29, 1.82) is 0 Å². The Morgan fingerprint density at radius 1 is 1.26 bits per heavy atom. The average molecular weight is 344 g/mol. The Bertz CT molecular complexity index is 643. The van der Waals surface area contributed by atoms with Crippen LogP contribution in [0.25, 0.3) is 0 Å². The fourth-order valence-corrected chi connectivity index (χ4v) is 3.64. The zero-order chi connectivity index (χ0) is 17.6. The summed E-state index contributed by atoms with van der Waals surface area (Å²) in [4.78, 5) is 10.1. The molecule has 1 aromatic rings. The molecule has 0 aliphatic heterocycles. The second kappa shape index (κ2) is 8.26. The first-order valence-corrected chi connectivity index (χ1v) is 9.00. The number of hydrogen-bond acceptors (Lipinski definition) is 5. The third-order valence-electron chi connectivity index (χ3n) is 3.43. The number of rotatable bonds is 9. The fraction of sp³-hybridized carbons (Fsp3) is 0.600. The first-order chi connectivity index (χ1) is 10.7. The summed E-state index contributed by atoms with van der Waals surface area (Å²) in [6.45, 7) is 5.97. The van der Waals surface area contributed by atoms with Gasteiger partial charge in [0.2, 0.25) is 10.0 Å². The van der Waals surface area contributed by atoms with E-state index in [9.17, 15) is 18.5 Å². The first-order valence-electron chi connectivity index (χ1n) is 7.52. The zero-order valence-corrected chi connectivity index (χ0v) is 14.7.